The minimum Gasteiger partial charge on any atom is -0.493 e. The van der Waals surface area contributed by atoms with Crippen LogP contribution in [0.3, 0.4) is 0 Å². The van der Waals surface area contributed by atoms with Crippen molar-refractivity contribution in [3.8, 4) is 17.2 Å². The highest BCUT2D eigenvalue weighted by molar-refractivity contribution is 7.09. The molecule has 1 aromatic carbocycles. The van der Waals surface area contributed by atoms with Gasteiger partial charge in [0.05, 0.1) is 27.0 Å². The summed E-state index contributed by atoms with van der Waals surface area (Å²) >= 11 is 1.08. The molecule has 0 atom stereocenters. The maximum atomic E-state index is 11.8. The van der Waals surface area contributed by atoms with E-state index in [0.29, 0.717) is 28.1 Å². The van der Waals surface area contributed by atoms with Crippen molar-refractivity contribution in [3.05, 3.63) is 18.5 Å². The van der Waals surface area contributed by atoms with Crippen molar-refractivity contribution < 1.29 is 19.0 Å². The summed E-state index contributed by atoms with van der Waals surface area (Å²) in [5, 5.41) is 5.61. The summed E-state index contributed by atoms with van der Waals surface area (Å²) in [4.78, 5) is 15.7. The van der Waals surface area contributed by atoms with Gasteiger partial charge in [0.1, 0.15) is 6.33 Å². The molecule has 0 unspecified atom stereocenters. The monoisotopic (exact) mass is 310 g/mol. The van der Waals surface area contributed by atoms with Crippen LogP contribution in [0.5, 0.6) is 17.2 Å². The highest BCUT2D eigenvalue weighted by Crippen LogP contribution is 2.39. The van der Waals surface area contributed by atoms with Gasteiger partial charge in [-0.05, 0) is 0 Å². The van der Waals surface area contributed by atoms with E-state index in [-0.39, 0.29) is 0 Å². The Hall–Kier alpha value is -2.55. The molecule has 8 nitrogen and oxygen atoms in total. The minimum atomic E-state index is -0.443. The zero-order chi connectivity index (χ0) is 15.2. The molecule has 0 aliphatic carbocycles. The molecular weight excluding hydrogens is 296 g/mol. The number of carbonyl (C=O) groups excluding carboxylic acids is 1. The number of ether oxygens (including phenoxy) is 3. The first-order chi connectivity index (χ1) is 10.2. The molecule has 0 spiro atoms. The van der Waals surface area contributed by atoms with Gasteiger partial charge in [0, 0.05) is 23.7 Å². The average molecular weight is 310 g/mol. The van der Waals surface area contributed by atoms with Gasteiger partial charge in [0.2, 0.25) is 10.9 Å². The Morgan fingerprint density at radius 3 is 2.24 bits per heavy atom. The van der Waals surface area contributed by atoms with E-state index in [9.17, 15) is 4.79 Å². The fourth-order valence-electron chi connectivity index (χ4n) is 1.64. The van der Waals surface area contributed by atoms with E-state index in [2.05, 4.69) is 20.0 Å². The molecule has 1 aromatic heterocycles. The number of urea groups is 1. The molecule has 2 aromatic rings. The molecule has 0 bridgehead atoms. The molecule has 0 fully saturated rings. The van der Waals surface area contributed by atoms with E-state index >= 15 is 0 Å². The van der Waals surface area contributed by atoms with E-state index in [1.54, 1.807) is 12.1 Å². The van der Waals surface area contributed by atoms with Gasteiger partial charge in [-0.3, -0.25) is 5.32 Å². The number of hydrogen-bond donors (Lipinski definition) is 2. The zero-order valence-corrected chi connectivity index (χ0v) is 12.5. The Morgan fingerprint density at radius 2 is 1.76 bits per heavy atom. The van der Waals surface area contributed by atoms with Crippen molar-refractivity contribution in [3.63, 3.8) is 0 Å². The van der Waals surface area contributed by atoms with Crippen LogP contribution in [0.2, 0.25) is 0 Å². The van der Waals surface area contributed by atoms with Crippen molar-refractivity contribution in [2.24, 2.45) is 0 Å². The average Bonchev–Trinajstić information content (AvgIpc) is 2.98. The molecule has 2 rings (SSSR count). The van der Waals surface area contributed by atoms with E-state index in [0.717, 1.165) is 11.5 Å². The number of nitrogens with one attached hydrogen (secondary N) is 2. The summed E-state index contributed by atoms with van der Waals surface area (Å²) < 4.78 is 19.4. The third kappa shape index (κ3) is 3.51. The van der Waals surface area contributed by atoms with Crippen LogP contribution in [0.1, 0.15) is 0 Å². The normalized spacial score (nSPS) is 9.86. The van der Waals surface area contributed by atoms with Crippen LogP contribution in [-0.2, 0) is 0 Å². The number of benzene rings is 1. The first-order valence-corrected chi connectivity index (χ1v) is 6.60. The summed E-state index contributed by atoms with van der Waals surface area (Å²) in [6.45, 7) is 0. The molecule has 112 valence electrons. The SMILES string of the molecule is COc1cc(NC(=O)Nc2ncns2)cc(OC)c1OC. The Balaban J connectivity index is 2.17. The standard InChI is InChI=1S/C12H14N4O4S/c1-18-8-4-7(5-9(19-2)10(8)20-3)15-11(17)16-12-13-6-14-21-12/h4-6H,1-3H3,(H2,13,14,15,16,17). The fourth-order valence-corrected chi connectivity index (χ4v) is 2.07. The van der Waals surface area contributed by atoms with Crippen LogP contribution >= 0.6 is 11.5 Å². The molecular formula is C12H14N4O4S. The Labute approximate surface area is 125 Å². The minimum absolute atomic E-state index is 0.403. The second-order valence-corrected chi connectivity index (χ2v) is 4.52. The van der Waals surface area contributed by atoms with Gasteiger partial charge in [0.25, 0.3) is 0 Å². The van der Waals surface area contributed by atoms with E-state index in [1.807, 2.05) is 0 Å². The Bertz CT molecular complexity index is 593. The first-order valence-electron chi connectivity index (χ1n) is 5.82. The second-order valence-electron chi connectivity index (χ2n) is 3.74. The predicted molar refractivity (Wildman–Crippen MR) is 78.6 cm³/mol. The number of amides is 2. The molecule has 0 aliphatic rings. The summed E-state index contributed by atoms with van der Waals surface area (Å²) in [5.74, 6) is 1.35. The number of aromatic nitrogens is 2. The lowest BCUT2D eigenvalue weighted by molar-refractivity contribution is 0.262. The molecule has 0 radical (unpaired) electrons. The third-order valence-electron chi connectivity index (χ3n) is 2.50. The van der Waals surface area contributed by atoms with Crippen LogP contribution in [-0.4, -0.2) is 36.7 Å². The van der Waals surface area contributed by atoms with Crippen molar-refractivity contribution in [1.82, 2.24) is 9.36 Å². The van der Waals surface area contributed by atoms with Gasteiger partial charge in [0.15, 0.2) is 11.5 Å². The summed E-state index contributed by atoms with van der Waals surface area (Å²) in [6, 6.07) is 2.81. The van der Waals surface area contributed by atoms with E-state index < -0.39 is 6.03 Å². The lowest BCUT2D eigenvalue weighted by Gasteiger charge is -2.14. The third-order valence-corrected chi connectivity index (χ3v) is 3.08. The summed E-state index contributed by atoms with van der Waals surface area (Å²) in [6.07, 6.45) is 1.36. The number of anilines is 2. The summed E-state index contributed by atoms with van der Waals surface area (Å²) in [5.41, 5.74) is 0.492. The van der Waals surface area contributed by atoms with E-state index in [1.165, 1.54) is 27.7 Å². The smallest absolute Gasteiger partial charge is 0.325 e. The van der Waals surface area contributed by atoms with Gasteiger partial charge >= 0.3 is 6.03 Å². The van der Waals surface area contributed by atoms with Gasteiger partial charge in [-0.25, -0.2) is 9.78 Å². The number of carbonyl (C=O) groups is 1. The van der Waals surface area contributed by atoms with Crippen LogP contribution in [0.4, 0.5) is 15.6 Å². The van der Waals surface area contributed by atoms with Crippen molar-refractivity contribution in [2.45, 2.75) is 0 Å². The highest BCUT2D eigenvalue weighted by atomic mass is 32.1. The van der Waals surface area contributed by atoms with Crippen molar-refractivity contribution >= 4 is 28.4 Å². The lowest BCUT2D eigenvalue weighted by Crippen LogP contribution is -2.19. The Kier molecular flexibility index (Phi) is 4.77. The maximum Gasteiger partial charge on any atom is 0.325 e. The van der Waals surface area contributed by atoms with Crippen LogP contribution in [0.25, 0.3) is 0 Å². The molecule has 2 amide bonds. The largest absolute Gasteiger partial charge is 0.493 e. The second kappa shape index (κ2) is 6.75. The van der Waals surface area contributed by atoms with E-state index in [4.69, 9.17) is 14.2 Å². The highest BCUT2D eigenvalue weighted by Gasteiger charge is 2.14. The predicted octanol–water partition coefficient (Wildman–Crippen LogP) is 2.21. The van der Waals surface area contributed by atoms with Crippen LogP contribution < -0.4 is 24.8 Å². The van der Waals surface area contributed by atoms with Gasteiger partial charge in [-0.2, -0.15) is 4.37 Å². The number of hydrogen-bond acceptors (Lipinski definition) is 7. The molecule has 2 N–H and O–H groups in total. The molecule has 9 heteroatoms. The van der Waals surface area contributed by atoms with Crippen LogP contribution in [0.15, 0.2) is 18.5 Å². The number of rotatable bonds is 5. The quantitative estimate of drug-likeness (QED) is 0.879. The number of methoxy groups -OCH3 is 3. The molecule has 0 saturated heterocycles. The van der Waals surface area contributed by atoms with Crippen LogP contribution in [0, 0.1) is 0 Å². The molecule has 0 aliphatic heterocycles. The topological polar surface area (TPSA) is 94.6 Å². The maximum absolute atomic E-state index is 11.8. The van der Waals surface area contributed by atoms with Gasteiger partial charge < -0.3 is 19.5 Å². The Morgan fingerprint density at radius 1 is 1.10 bits per heavy atom. The van der Waals surface area contributed by atoms with Gasteiger partial charge in [-0.15, -0.1) is 0 Å². The number of nitrogens with zero attached hydrogens (tertiary/aromatic N) is 2. The molecule has 21 heavy (non-hydrogen) atoms. The summed E-state index contributed by atoms with van der Waals surface area (Å²) in [7, 11) is 4.51. The first kappa shape index (κ1) is 14.9. The van der Waals surface area contributed by atoms with Crippen molar-refractivity contribution in [2.75, 3.05) is 32.0 Å². The van der Waals surface area contributed by atoms with Gasteiger partial charge in [-0.1, -0.05) is 0 Å². The zero-order valence-electron chi connectivity index (χ0n) is 11.7. The molecule has 1 heterocycles. The fraction of sp³-hybridized carbons (Fsp3) is 0.250. The molecule has 0 saturated carbocycles. The lowest BCUT2D eigenvalue weighted by atomic mass is 10.2. The van der Waals surface area contributed by atoms with Crippen molar-refractivity contribution in [1.29, 1.82) is 0 Å².